The van der Waals surface area contributed by atoms with E-state index >= 15 is 0 Å². The van der Waals surface area contributed by atoms with Crippen LogP contribution in [-0.4, -0.2) is 40.4 Å². The standard InChI is InChI=1S/C10H11BrFN3O5/c11-7-1-5(12)2-8(15(19)20)9(7)13-3-6(16)4-14-10(17)18/h1-2,6,13-14,16H,3-4H2,(H,17,18). The molecule has 0 aliphatic heterocycles. The number of aliphatic hydroxyl groups is 1. The Morgan fingerprint density at radius 1 is 1.50 bits per heavy atom. The molecule has 1 aromatic rings. The van der Waals surface area contributed by atoms with Crippen molar-refractivity contribution in [2.45, 2.75) is 6.10 Å². The first-order chi connectivity index (χ1) is 9.31. The number of benzene rings is 1. The third kappa shape index (κ3) is 4.63. The number of aliphatic hydroxyl groups excluding tert-OH is 1. The number of carboxylic acid groups (broad SMARTS) is 1. The molecule has 0 aliphatic rings. The molecule has 0 bridgehead atoms. The highest BCUT2D eigenvalue weighted by Crippen LogP contribution is 2.33. The van der Waals surface area contributed by atoms with Crippen LogP contribution in [0.2, 0.25) is 0 Å². The summed E-state index contributed by atoms with van der Waals surface area (Å²) in [7, 11) is 0. The number of nitrogens with zero attached hydrogens (tertiary/aromatic N) is 1. The zero-order valence-electron chi connectivity index (χ0n) is 9.97. The molecule has 8 nitrogen and oxygen atoms in total. The van der Waals surface area contributed by atoms with E-state index in [1.54, 1.807) is 0 Å². The molecule has 0 aliphatic carbocycles. The van der Waals surface area contributed by atoms with Crippen molar-refractivity contribution in [2.24, 2.45) is 0 Å². The Balaban J connectivity index is 2.77. The number of anilines is 1. The predicted molar refractivity (Wildman–Crippen MR) is 71.3 cm³/mol. The van der Waals surface area contributed by atoms with Crippen LogP contribution in [0.1, 0.15) is 0 Å². The molecule has 0 radical (unpaired) electrons. The topological polar surface area (TPSA) is 125 Å². The molecule has 20 heavy (non-hydrogen) atoms. The van der Waals surface area contributed by atoms with Crippen molar-refractivity contribution in [2.75, 3.05) is 18.4 Å². The summed E-state index contributed by atoms with van der Waals surface area (Å²) in [5.74, 6) is -0.776. The van der Waals surface area contributed by atoms with E-state index in [0.29, 0.717) is 0 Å². The second-order valence-electron chi connectivity index (χ2n) is 3.76. The lowest BCUT2D eigenvalue weighted by Crippen LogP contribution is -2.35. The summed E-state index contributed by atoms with van der Waals surface area (Å²) in [5, 5.41) is 33.2. The fourth-order valence-electron chi connectivity index (χ4n) is 1.38. The van der Waals surface area contributed by atoms with Crippen LogP contribution in [-0.2, 0) is 0 Å². The Morgan fingerprint density at radius 3 is 2.70 bits per heavy atom. The summed E-state index contributed by atoms with van der Waals surface area (Å²) in [6.45, 7) is -0.389. The van der Waals surface area contributed by atoms with Crippen LogP contribution in [0, 0.1) is 15.9 Å². The molecule has 10 heteroatoms. The Hall–Kier alpha value is -1.94. The molecule has 0 aromatic heterocycles. The zero-order valence-corrected chi connectivity index (χ0v) is 11.6. The van der Waals surface area contributed by atoms with Gasteiger partial charge in [-0.15, -0.1) is 0 Å². The van der Waals surface area contributed by atoms with Gasteiger partial charge >= 0.3 is 6.09 Å². The summed E-state index contributed by atoms with van der Waals surface area (Å²) < 4.78 is 13.2. The summed E-state index contributed by atoms with van der Waals surface area (Å²) in [6.07, 6.45) is -2.39. The van der Waals surface area contributed by atoms with Gasteiger partial charge in [0.15, 0.2) is 0 Å². The van der Waals surface area contributed by atoms with Crippen LogP contribution in [0.5, 0.6) is 0 Å². The molecule has 0 fully saturated rings. The lowest BCUT2D eigenvalue weighted by Gasteiger charge is -2.13. The number of nitro benzene ring substituents is 1. The number of carbonyl (C=O) groups is 1. The molecule has 0 saturated carbocycles. The van der Waals surface area contributed by atoms with Crippen molar-refractivity contribution < 1.29 is 24.3 Å². The van der Waals surface area contributed by atoms with Crippen molar-refractivity contribution in [3.05, 3.63) is 32.5 Å². The molecule has 1 rings (SSSR count). The largest absolute Gasteiger partial charge is 0.465 e. The van der Waals surface area contributed by atoms with Gasteiger partial charge in [0, 0.05) is 13.1 Å². The molecule has 0 heterocycles. The second kappa shape index (κ2) is 7.01. The number of amides is 1. The monoisotopic (exact) mass is 351 g/mol. The highest BCUT2D eigenvalue weighted by atomic mass is 79.9. The van der Waals surface area contributed by atoms with Gasteiger partial charge in [-0.1, -0.05) is 0 Å². The van der Waals surface area contributed by atoms with E-state index in [0.717, 1.165) is 12.1 Å². The van der Waals surface area contributed by atoms with Crippen LogP contribution >= 0.6 is 15.9 Å². The van der Waals surface area contributed by atoms with Gasteiger partial charge in [0.25, 0.3) is 5.69 Å². The van der Waals surface area contributed by atoms with Gasteiger partial charge in [-0.2, -0.15) is 0 Å². The van der Waals surface area contributed by atoms with E-state index in [9.17, 15) is 24.4 Å². The van der Waals surface area contributed by atoms with E-state index in [1.807, 2.05) is 5.32 Å². The summed E-state index contributed by atoms with van der Waals surface area (Å²) >= 11 is 2.98. The lowest BCUT2D eigenvalue weighted by atomic mass is 10.2. The fraction of sp³-hybridized carbons (Fsp3) is 0.300. The summed E-state index contributed by atoms with van der Waals surface area (Å²) in [6, 6.07) is 1.78. The lowest BCUT2D eigenvalue weighted by molar-refractivity contribution is -0.384. The van der Waals surface area contributed by atoms with Gasteiger partial charge in [-0.05, 0) is 22.0 Å². The summed E-state index contributed by atoms with van der Waals surface area (Å²) in [4.78, 5) is 20.3. The highest BCUT2D eigenvalue weighted by Gasteiger charge is 2.19. The zero-order chi connectivity index (χ0) is 15.3. The second-order valence-corrected chi connectivity index (χ2v) is 4.61. The molecule has 1 unspecified atom stereocenters. The minimum absolute atomic E-state index is 0.00535. The molecule has 1 amide bonds. The van der Waals surface area contributed by atoms with Crippen LogP contribution in [0.25, 0.3) is 0 Å². The fourth-order valence-corrected chi connectivity index (χ4v) is 1.94. The van der Waals surface area contributed by atoms with E-state index in [-0.39, 0.29) is 23.2 Å². The SMILES string of the molecule is O=C(O)NCC(O)CNc1c(Br)cc(F)cc1[N+](=O)[O-]. The third-order valence-corrected chi connectivity index (χ3v) is 2.86. The van der Waals surface area contributed by atoms with Crippen molar-refractivity contribution in [1.82, 2.24) is 5.32 Å². The maximum absolute atomic E-state index is 13.1. The molecule has 1 aromatic carbocycles. The quantitative estimate of drug-likeness (QED) is 0.455. The van der Waals surface area contributed by atoms with Gasteiger partial charge in [0.05, 0.1) is 21.6 Å². The highest BCUT2D eigenvalue weighted by molar-refractivity contribution is 9.10. The molecule has 0 spiro atoms. The van der Waals surface area contributed by atoms with E-state index in [2.05, 4.69) is 21.2 Å². The van der Waals surface area contributed by atoms with Crippen LogP contribution in [0.15, 0.2) is 16.6 Å². The molecule has 1 atom stereocenters. The van der Waals surface area contributed by atoms with Crippen molar-refractivity contribution in [3.8, 4) is 0 Å². The van der Waals surface area contributed by atoms with Gasteiger partial charge in [-0.3, -0.25) is 10.1 Å². The van der Waals surface area contributed by atoms with Gasteiger partial charge in [0.1, 0.15) is 11.5 Å². The molecular weight excluding hydrogens is 341 g/mol. The van der Waals surface area contributed by atoms with Crippen molar-refractivity contribution in [1.29, 1.82) is 0 Å². The average Bonchev–Trinajstić information content (AvgIpc) is 2.34. The minimum atomic E-state index is -1.29. The number of hydrogen-bond acceptors (Lipinski definition) is 5. The first kappa shape index (κ1) is 16.1. The first-order valence-electron chi connectivity index (χ1n) is 5.33. The third-order valence-electron chi connectivity index (χ3n) is 2.23. The smallest absolute Gasteiger partial charge is 0.404 e. The van der Waals surface area contributed by atoms with Crippen LogP contribution in [0.4, 0.5) is 20.6 Å². The Labute approximate surface area is 120 Å². The van der Waals surface area contributed by atoms with Gasteiger partial charge in [0.2, 0.25) is 0 Å². The van der Waals surface area contributed by atoms with E-state index in [1.165, 1.54) is 0 Å². The first-order valence-corrected chi connectivity index (χ1v) is 6.12. The summed E-state index contributed by atoms with van der Waals surface area (Å²) in [5.41, 5.74) is -0.485. The Morgan fingerprint density at radius 2 is 2.15 bits per heavy atom. The van der Waals surface area contributed by atoms with E-state index in [4.69, 9.17) is 5.11 Å². The normalized spacial score (nSPS) is 11.8. The maximum atomic E-state index is 13.1. The maximum Gasteiger partial charge on any atom is 0.404 e. The molecular formula is C10H11BrFN3O5. The number of halogens is 2. The minimum Gasteiger partial charge on any atom is -0.465 e. The van der Waals surface area contributed by atoms with Gasteiger partial charge < -0.3 is 20.8 Å². The predicted octanol–water partition coefficient (Wildman–Crippen LogP) is 1.54. The number of rotatable bonds is 6. The average molecular weight is 352 g/mol. The number of nitrogens with one attached hydrogen (secondary N) is 2. The van der Waals surface area contributed by atoms with Crippen LogP contribution < -0.4 is 10.6 Å². The molecule has 0 saturated heterocycles. The van der Waals surface area contributed by atoms with E-state index < -0.39 is 28.6 Å². The molecule has 4 N–H and O–H groups in total. The van der Waals surface area contributed by atoms with Crippen LogP contribution in [0.3, 0.4) is 0 Å². The van der Waals surface area contributed by atoms with Gasteiger partial charge in [-0.25, -0.2) is 9.18 Å². The number of nitro groups is 1. The molecule has 110 valence electrons. The van der Waals surface area contributed by atoms with Crippen molar-refractivity contribution in [3.63, 3.8) is 0 Å². The Bertz CT molecular complexity index is 528. The van der Waals surface area contributed by atoms with Crippen molar-refractivity contribution >= 4 is 33.4 Å². The number of hydrogen-bond donors (Lipinski definition) is 4. The Kier molecular flexibility index (Phi) is 5.65.